The number of methoxy groups -OCH3 is 2. The van der Waals surface area contributed by atoms with Gasteiger partial charge in [0.15, 0.2) is 5.96 Å². The van der Waals surface area contributed by atoms with Gasteiger partial charge < -0.3 is 41.5 Å². The highest BCUT2D eigenvalue weighted by atomic mass is 16.7. The number of hydrogen-bond acceptors (Lipinski definition) is 8. The Morgan fingerprint density at radius 2 is 1.61 bits per heavy atom. The summed E-state index contributed by atoms with van der Waals surface area (Å²) in [5, 5.41) is 2.60. The van der Waals surface area contributed by atoms with Crippen molar-refractivity contribution in [2.45, 2.75) is 18.9 Å². The van der Waals surface area contributed by atoms with Gasteiger partial charge in [0.05, 0.1) is 26.8 Å². The van der Waals surface area contributed by atoms with Crippen molar-refractivity contribution in [1.82, 2.24) is 5.32 Å². The number of carbonyl (C=O) groups is 2. The summed E-state index contributed by atoms with van der Waals surface area (Å²) in [4.78, 5) is 27.6. The van der Waals surface area contributed by atoms with E-state index in [0.717, 1.165) is 11.1 Å². The topological polar surface area (TPSA) is 174 Å². The van der Waals surface area contributed by atoms with E-state index in [1.807, 2.05) is 24.3 Å². The zero-order valence-electron chi connectivity index (χ0n) is 20.4. The summed E-state index contributed by atoms with van der Waals surface area (Å²) in [5.74, 6) is 1.35. The monoisotopic (exact) mass is 499 g/mol. The highest BCUT2D eigenvalue weighted by Crippen LogP contribution is 2.24. The van der Waals surface area contributed by atoms with Gasteiger partial charge in [0.25, 0.3) is 0 Å². The maximum atomic E-state index is 11.9. The minimum atomic E-state index is -0.877. The molecule has 0 saturated heterocycles. The molecule has 11 heteroatoms. The normalized spacial score (nSPS) is 11.4. The summed E-state index contributed by atoms with van der Waals surface area (Å²) in [5.41, 5.74) is 18.1. The van der Waals surface area contributed by atoms with Crippen LogP contribution in [0.25, 0.3) is 12.2 Å². The third-order valence-electron chi connectivity index (χ3n) is 4.85. The molecule has 0 saturated carbocycles. The largest absolute Gasteiger partial charge is 0.513 e. The van der Waals surface area contributed by atoms with Crippen LogP contribution in [0.15, 0.2) is 47.5 Å². The molecule has 1 atom stereocenters. The molecule has 2 aromatic rings. The molecule has 0 aliphatic rings. The quantitative estimate of drug-likeness (QED) is 0.0801. The number of aliphatic imine (C=N–C) groups is 1. The first-order valence-corrected chi connectivity index (χ1v) is 11.2. The molecule has 7 N–H and O–H groups in total. The number of amides is 1. The molecule has 194 valence electrons. The molecule has 0 aliphatic carbocycles. The minimum absolute atomic E-state index is 0.00403. The maximum absolute atomic E-state index is 11.9. The molecule has 0 bridgehead atoms. The second-order valence-electron chi connectivity index (χ2n) is 7.60. The molecule has 11 nitrogen and oxygen atoms in total. The molecule has 2 aromatic carbocycles. The lowest BCUT2D eigenvalue weighted by molar-refractivity contribution is -0.122. The zero-order chi connectivity index (χ0) is 26.3. The van der Waals surface area contributed by atoms with Crippen LogP contribution >= 0.6 is 0 Å². The second kappa shape index (κ2) is 14.9. The van der Waals surface area contributed by atoms with Gasteiger partial charge in [0, 0.05) is 12.6 Å². The van der Waals surface area contributed by atoms with E-state index in [1.165, 1.54) is 0 Å². The number of guanidine groups is 1. The van der Waals surface area contributed by atoms with Crippen LogP contribution in [0, 0.1) is 0 Å². The van der Waals surface area contributed by atoms with Crippen molar-refractivity contribution < 1.29 is 28.5 Å². The van der Waals surface area contributed by atoms with Crippen LogP contribution in [-0.4, -0.2) is 58.0 Å². The fourth-order valence-electron chi connectivity index (χ4n) is 2.98. The predicted octanol–water partition coefficient (Wildman–Crippen LogP) is 1.89. The molecule has 0 aliphatic heterocycles. The van der Waals surface area contributed by atoms with Gasteiger partial charge in [-0.2, -0.15) is 0 Å². The Hall–Kier alpha value is -4.25. The maximum Gasteiger partial charge on any atom is 0.513 e. The Bertz CT molecular complexity index is 1030. The molecule has 2 rings (SSSR count). The van der Waals surface area contributed by atoms with Crippen molar-refractivity contribution in [3.63, 3.8) is 0 Å². The number of nitrogens with two attached hydrogens (primary N) is 3. The van der Waals surface area contributed by atoms with Gasteiger partial charge in [-0.05, 0) is 48.2 Å². The molecule has 1 amide bonds. The lowest BCUT2D eigenvalue weighted by Gasteiger charge is -2.12. The summed E-state index contributed by atoms with van der Waals surface area (Å²) in [6.45, 7) is 0.442. The van der Waals surface area contributed by atoms with Gasteiger partial charge in [0.2, 0.25) is 5.91 Å². The molecular formula is C25H33N5O6. The first kappa shape index (κ1) is 28.0. The predicted molar refractivity (Wildman–Crippen MR) is 138 cm³/mol. The fourth-order valence-corrected chi connectivity index (χ4v) is 2.98. The van der Waals surface area contributed by atoms with Crippen molar-refractivity contribution in [3.05, 3.63) is 53.6 Å². The molecule has 0 spiro atoms. The van der Waals surface area contributed by atoms with Crippen LogP contribution < -0.4 is 36.7 Å². The van der Waals surface area contributed by atoms with E-state index in [1.54, 1.807) is 44.6 Å². The highest BCUT2D eigenvalue weighted by molar-refractivity contribution is 5.81. The van der Waals surface area contributed by atoms with Crippen molar-refractivity contribution in [1.29, 1.82) is 0 Å². The number of ether oxygens (including phenoxy) is 4. The number of nitrogens with zero attached hydrogens (tertiary/aromatic N) is 1. The lowest BCUT2D eigenvalue weighted by atomic mass is 10.1. The van der Waals surface area contributed by atoms with Crippen LogP contribution in [-0.2, 0) is 9.53 Å². The SMILES string of the molecule is COc1cc(C=Cc2ccc(OC(=O)OCCNC(=O)C(N)CCCN=C(N)N)cc2)cc(OC)c1. The lowest BCUT2D eigenvalue weighted by Crippen LogP contribution is -2.42. The number of nitrogens with one attached hydrogen (secondary N) is 1. The van der Waals surface area contributed by atoms with Gasteiger partial charge in [-0.1, -0.05) is 24.3 Å². The minimum Gasteiger partial charge on any atom is -0.497 e. The number of benzene rings is 2. The smallest absolute Gasteiger partial charge is 0.497 e. The van der Waals surface area contributed by atoms with E-state index in [4.69, 9.17) is 36.1 Å². The number of hydrogen-bond donors (Lipinski definition) is 4. The van der Waals surface area contributed by atoms with Gasteiger partial charge in [0.1, 0.15) is 23.9 Å². The molecule has 0 aromatic heterocycles. The molecular weight excluding hydrogens is 466 g/mol. The molecule has 0 fully saturated rings. The van der Waals surface area contributed by atoms with Crippen LogP contribution in [0.5, 0.6) is 17.2 Å². The first-order chi connectivity index (χ1) is 17.3. The van der Waals surface area contributed by atoms with Gasteiger partial charge >= 0.3 is 6.16 Å². The standard InChI is InChI=1S/C25H33N5O6/c1-33-20-14-18(15-21(16-20)34-2)6-5-17-7-9-19(10-8-17)36-25(32)35-13-12-29-23(31)22(26)4-3-11-30-24(27)28/h5-10,14-16,22H,3-4,11-13,26H2,1-2H3,(H,29,31)(H4,27,28,30). The van der Waals surface area contributed by atoms with Crippen molar-refractivity contribution in [2.24, 2.45) is 22.2 Å². The Kier molecular flexibility index (Phi) is 11.6. The zero-order valence-corrected chi connectivity index (χ0v) is 20.4. The highest BCUT2D eigenvalue weighted by Gasteiger charge is 2.13. The van der Waals surface area contributed by atoms with Crippen LogP contribution in [0.4, 0.5) is 4.79 Å². The average Bonchev–Trinajstić information content (AvgIpc) is 2.88. The Morgan fingerprint density at radius 1 is 0.972 bits per heavy atom. The molecule has 0 radical (unpaired) electrons. The average molecular weight is 500 g/mol. The van der Waals surface area contributed by atoms with Gasteiger partial charge in [-0.3, -0.25) is 9.79 Å². The van der Waals surface area contributed by atoms with Crippen LogP contribution in [0.1, 0.15) is 24.0 Å². The molecule has 1 unspecified atom stereocenters. The fraction of sp³-hybridized carbons (Fsp3) is 0.320. The van der Waals surface area contributed by atoms with Gasteiger partial charge in [-0.25, -0.2) is 4.79 Å². The van der Waals surface area contributed by atoms with E-state index in [9.17, 15) is 9.59 Å². The van der Waals surface area contributed by atoms with Crippen molar-refractivity contribution in [3.8, 4) is 17.2 Å². The molecule has 0 heterocycles. The first-order valence-electron chi connectivity index (χ1n) is 11.2. The summed E-state index contributed by atoms with van der Waals surface area (Å²) >= 11 is 0. The van der Waals surface area contributed by atoms with Crippen molar-refractivity contribution in [2.75, 3.05) is 33.9 Å². The third-order valence-corrected chi connectivity index (χ3v) is 4.85. The summed E-state index contributed by atoms with van der Waals surface area (Å²) < 4.78 is 20.7. The number of carbonyl (C=O) groups excluding carboxylic acids is 2. The Balaban J connectivity index is 1.72. The van der Waals surface area contributed by atoms with E-state index in [0.29, 0.717) is 36.6 Å². The van der Waals surface area contributed by atoms with Gasteiger partial charge in [-0.15, -0.1) is 0 Å². The van der Waals surface area contributed by atoms with Crippen LogP contribution in [0.2, 0.25) is 0 Å². The summed E-state index contributed by atoms with van der Waals surface area (Å²) in [7, 11) is 3.19. The Morgan fingerprint density at radius 3 is 2.22 bits per heavy atom. The van der Waals surface area contributed by atoms with E-state index in [-0.39, 0.29) is 25.0 Å². The number of rotatable bonds is 13. The summed E-state index contributed by atoms with van der Waals surface area (Å²) in [6, 6.07) is 11.8. The van der Waals surface area contributed by atoms with Crippen LogP contribution in [0.3, 0.4) is 0 Å². The van der Waals surface area contributed by atoms with Crippen molar-refractivity contribution >= 4 is 30.2 Å². The van der Waals surface area contributed by atoms with E-state index < -0.39 is 12.2 Å². The van der Waals surface area contributed by atoms with E-state index in [2.05, 4.69) is 10.3 Å². The van der Waals surface area contributed by atoms with E-state index >= 15 is 0 Å². The second-order valence-corrected chi connectivity index (χ2v) is 7.60. The molecule has 36 heavy (non-hydrogen) atoms. The third kappa shape index (κ3) is 10.3. The Labute approximate surface area is 210 Å². The summed E-state index contributed by atoms with van der Waals surface area (Å²) in [6.07, 6.45) is 3.94.